The number of carbonyl (C=O) groups excluding carboxylic acids is 2. The number of ether oxygens (including phenoxy) is 1. The Morgan fingerprint density at radius 2 is 2.11 bits per heavy atom. The standard InChI is InChI=1S/C11H12ClFN2O3/c1-6(10(16)15-11(17)14-2)18-9-4-3-7(13)5-8(9)12/h3-6H,1-2H3,(H2,14,15,16,17)/t6-/m0/s1. The van der Waals surface area contributed by atoms with Gasteiger partial charge in [-0.15, -0.1) is 0 Å². The van der Waals surface area contributed by atoms with Crippen LogP contribution in [0, 0.1) is 5.82 Å². The fourth-order valence-corrected chi connectivity index (χ4v) is 1.30. The molecule has 2 N–H and O–H groups in total. The number of hydrogen-bond acceptors (Lipinski definition) is 3. The van der Waals surface area contributed by atoms with Gasteiger partial charge in [0.1, 0.15) is 11.6 Å². The summed E-state index contributed by atoms with van der Waals surface area (Å²) in [5.74, 6) is -0.970. The molecule has 5 nitrogen and oxygen atoms in total. The molecule has 1 aromatic rings. The topological polar surface area (TPSA) is 67.4 Å². The maximum Gasteiger partial charge on any atom is 0.321 e. The Hall–Kier alpha value is -1.82. The van der Waals surface area contributed by atoms with Crippen molar-refractivity contribution in [1.82, 2.24) is 10.6 Å². The molecule has 0 bridgehead atoms. The Bertz CT molecular complexity index is 468. The number of benzene rings is 1. The summed E-state index contributed by atoms with van der Waals surface area (Å²) < 4.78 is 18.0. The molecule has 0 fully saturated rings. The van der Waals surface area contributed by atoms with Gasteiger partial charge in [0.15, 0.2) is 6.10 Å². The van der Waals surface area contributed by atoms with E-state index in [0.29, 0.717) is 0 Å². The highest BCUT2D eigenvalue weighted by Crippen LogP contribution is 2.25. The molecule has 18 heavy (non-hydrogen) atoms. The van der Waals surface area contributed by atoms with Crippen LogP contribution in [0.4, 0.5) is 9.18 Å². The van der Waals surface area contributed by atoms with Crippen LogP contribution in [-0.2, 0) is 4.79 Å². The third-order valence-corrected chi connectivity index (χ3v) is 2.33. The zero-order valence-corrected chi connectivity index (χ0v) is 10.5. The first-order chi connectivity index (χ1) is 8.43. The molecule has 0 aliphatic carbocycles. The Morgan fingerprint density at radius 3 is 2.67 bits per heavy atom. The van der Waals surface area contributed by atoms with E-state index in [9.17, 15) is 14.0 Å². The van der Waals surface area contributed by atoms with Crippen molar-refractivity contribution in [3.8, 4) is 5.75 Å². The molecule has 98 valence electrons. The van der Waals surface area contributed by atoms with E-state index in [1.807, 2.05) is 5.32 Å². The Labute approximate surface area is 108 Å². The van der Waals surface area contributed by atoms with Gasteiger partial charge in [-0.25, -0.2) is 9.18 Å². The number of carbonyl (C=O) groups is 2. The smallest absolute Gasteiger partial charge is 0.321 e. The summed E-state index contributed by atoms with van der Waals surface area (Å²) in [6.07, 6.45) is -0.940. The van der Waals surface area contributed by atoms with Crippen molar-refractivity contribution in [2.45, 2.75) is 13.0 Å². The van der Waals surface area contributed by atoms with Crippen LogP contribution < -0.4 is 15.4 Å². The van der Waals surface area contributed by atoms with E-state index in [4.69, 9.17) is 16.3 Å². The van der Waals surface area contributed by atoms with Gasteiger partial charge < -0.3 is 10.1 Å². The lowest BCUT2D eigenvalue weighted by Gasteiger charge is -2.14. The van der Waals surface area contributed by atoms with E-state index < -0.39 is 23.9 Å². The van der Waals surface area contributed by atoms with E-state index >= 15 is 0 Å². The third kappa shape index (κ3) is 3.89. The molecule has 0 radical (unpaired) electrons. The van der Waals surface area contributed by atoms with Crippen LogP contribution in [0.2, 0.25) is 5.02 Å². The van der Waals surface area contributed by atoms with Crippen LogP contribution in [0.1, 0.15) is 6.92 Å². The summed E-state index contributed by atoms with van der Waals surface area (Å²) in [7, 11) is 1.38. The first-order valence-electron chi connectivity index (χ1n) is 5.08. The Balaban J connectivity index is 2.66. The molecule has 0 spiro atoms. The van der Waals surface area contributed by atoms with Gasteiger partial charge in [0.05, 0.1) is 5.02 Å². The number of imide groups is 1. The van der Waals surface area contributed by atoms with E-state index in [-0.39, 0.29) is 10.8 Å². The van der Waals surface area contributed by atoms with Crippen LogP contribution in [0.25, 0.3) is 0 Å². The highest BCUT2D eigenvalue weighted by Gasteiger charge is 2.18. The van der Waals surface area contributed by atoms with Gasteiger partial charge in [-0.3, -0.25) is 10.1 Å². The number of amides is 3. The summed E-state index contributed by atoms with van der Waals surface area (Å²) in [4.78, 5) is 22.4. The molecule has 0 heterocycles. The quantitative estimate of drug-likeness (QED) is 0.882. The Morgan fingerprint density at radius 1 is 1.44 bits per heavy atom. The normalized spacial score (nSPS) is 11.6. The monoisotopic (exact) mass is 274 g/mol. The summed E-state index contributed by atoms with van der Waals surface area (Å²) in [6, 6.07) is 2.90. The summed E-state index contributed by atoms with van der Waals surface area (Å²) in [5, 5.41) is 4.33. The lowest BCUT2D eigenvalue weighted by atomic mass is 10.3. The lowest BCUT2D eigenvalue weighted by molar-refractivity contribution is -0.126. The SMILES string of the molecule is CNC(=O)NC(=O)[C@H](C)Oc1ccc(F)cc1Cl. The predicted molar refractivity (Wildman–Crippen MR) is 64.1 cm³/mol. The zero-order valence-electron chi connectivity index (χ0n) is 9.79. The molecule has 1 atom stereocenters. The van der Waals surface area contributed by atoms with Crippen LogP contribution in [0.5, 0.6) is 5.75 Å². The number of halogens is 2. The van der Waals surface area contributed by atoms with Gasteiger partial charge in [0.25, 0.3) is 5.91 Å². The molecule has 0 unspecified atom stereocenters. The van der Waals surface area contributed by atoms with E-state index in [2.05, 4.69) is 5.32 Å². The molecule has 7 heteroatoms. The highest BCUT2D eigenvalue weighted by atomic mass is 35.5. The zero-order chi connectivity index (χ0) is 13.7. The number of urea groups is 1. The minimum Gasteiger partial charge on any atom is -0.479 e. The fraction of sp³-hybridized carbons (Fsp3) is 0.273. The van der Waals surface area contributed by atoms with E-state index in [0.717, 1.165) is 12.1 Å². The Kier molecular flexibility index (Phi) is 4.91. The molecular formula is C11H12ClFN2O3. The molecule has 0 saturated heterocycles. The van der Waals surface area contributed by atoms with Crippen LogP contribution in [0.15, 0.2) is 18.2 Å². The van der Waals surface area contributed by atoms with Crippen molar-refractivity contribution >= 4 is 23.5 Å². The largest absolute Gasteiger partial charge is 0.479 e. The maximum atomic E-state index is 12.8. The summed E-state index contributed by atoms with van der Waals surface area (Å²) >= 11 is 5.74. The van der Waals surface area contributed by atoms with Crippen molar-refractivity contribution in [3.63, 3.8) is 0 Å². The molecule has 1 rings (SSSR count). The number of nitrogens with one attached hydrogen (secondary N) is 2. The first kappa shape index (κ1) is 14.2. The summed E-state index contributed by atoms with van der Waals surface area (Å²) in [5.41, 5.74) is 0. The lowest BCUT2D eigenvalue weighted by Crippen LogP contribution is -2.43. The van der Waals surface area contributed by atoms with Gasteiger partial charge in [-0.2, -0.15) is 0 Å². The third-order valence-electron chi connectivity index (χ3n) is 2.03. The average molecular weight is 275 g/mol. The van der Waals surface area contributed by atoms with Gasteiger partial charge in [-0.1, -0.05) is 11.6 Å². The predicted octanol–water partition coefficient (Wildman–Crippen LogP) is 1.70. The van der Waals surface area contributed by atoms with Gasteiger partial charge >= 0.3 is 6.03 Å². The van der Waals surface area contributed by atoms with E-state index in [1.165, 1.54) is 20.0 Å². The van der Waals surface area contributed by atoms with Crippen LogP contribution in [-0.4, -0.2) is 25.1 Å². The van der Waals surface area contributed by atoms with Crippen LogP contribution >= 0.6 is 11.6 Å². The van der Waals surface area contributed by atoms with Crippen molar-refractivity contribution in [2.75, 3.05) is 7.05 Å². The molecule has 3 amide bonds. The minimum absolute atomic E-state index is 0.0505. The molecule has 1 aromatic carbocycles. The van der Waals surface area contributed by atoms with Crippen LogP contribution in [0.3, 0.4) is 0 Å². The second-order valence-corrected chi connectivity index (χ2v) is 3.81. The summed E-state index contributed by atoms with van der Waals surface area (Å²) in [6.45, 7) is 1.44. The van der Waals surface area contributed by atoms with Crippen molar-refractivity contribution < 1.29 is 18.7 Å². The van der Waals surface area contributed by atoms with E-state index in [1.54, 1.807) is 0 Å². The van der Waals surface area contributed by atoms with Gasteiger partial charge in [0, 0.05) is 7.05 Å². The van der Waals surface area contributed by atoms with Gasteiger partial charge in [-0.05, 0) is 25.1 Å². The van der Waals surface area contributed by atoms with Crippen molar-refractivity contribution in [2.24, 2.45) is 0 Å². The molecule has 0 aliphatic rings. The second kappa shape index (κ2) is 6.20. The van der Waals surface area contributed by atoms with Crippen molar-refractivity contribution in [3.05, 3.63) is 29.0 Å². The maximum absolute atomic E-state index is 12.8. The molecule has 0 aliphatic heterocycles. The minimum atomic E-state index is -0.940. The number of hydrogen-bond donors (Lipinski definition) is 2. The first-order valence-corrected chi connectivity index (χ1v) is 5.46. The molecular weight excluding hydrogens is 263 g/mol. The average Bonchev–Trinajstić information content (AvgIpc) is 2.32. The number of rotatable bonds is 3. The molecule has 0 saturated carbocycles. The fourth-order valence-electron chi connectivity index (χ4n) is 1.09. The van der Waals surface area contributed by atoms with Gasteiger partial charge in [0.2, 0.25) is 0 Å². The highest BCUT2D eigenvalue weighted by molar-refractivity contribution is 6.32. The second-order valence-electron chi connectivity index (χ2n) is 3.40. The van der Waals surface area contributed by atoms with Crippen molar-refractivity contribution in [1.29, 1.82) is 0 Å². The molecule has 0 aromatic heterocycles.